The van der Waals surface area contributed by atoms with E-state index in [-0.39, 0.29) is 0 Å². The lowest BCUT2D eigenvalue weighted by atomic mass is 10.0. The highest BCUT2D eigenvalue weighted by atomic mass is 14.9. The van der Waals surface area contributed by atoms with E-state index in [1.807, 2.05) is 13.1 Å². The Morgan fingerprint density at radius 2 is 2.33 bits per heavy atom. The summed E-state index contributed by atoms with van der Waals surface area (Å²) in [6, 6.07) is 4.63. The van der Waals surface area contributed by atoms with Crippen LogP contribution in [-0.2, 0) is 6.42 Å². The molecule has 3 nitrogen and oxygen atoms in total. The van der Waals surface area contributed by atoms with Crippen LogP contribution in [0.15, 0.2) is 18.3 Å². The van der Waals surface area contributed by atoms with Gasteiger partial charge in [0.15, 0.2) is 0 Å². The fourth-order valence-electron chi connectivity index (χ4n) is 1.75. The first kappa shape index (κ1) is 12.0. The van der Waals surface area contributed by atoms with Crippen molar-refractivity contribution in [3.05, 3.63) is 23.9 Å². The maximum Gasteiger partial charge on any atom is 0.126 e. The maximum absolute atomic E-state index is 5.78. The van der Waals surface area contributed by atoms with E-state index in [1.165, 1.54) is 18.4 Å². The first-order chi connectivity index (χ1) is 7.27. The molecule has 1 aromatic heterocycles. The van der Waals surface area contributed by atoms with E-state index in [0.717, 1.165) is 12.8 Å². The number of hydrogen-bond acceptors (Lipinski definition) is 3. The molecule has 1 heterocycles. The van der Waals surface area contributed by atoms with Crippen LogP contribution in [0.4, 0.5) is 5.82 Å². The molecule has 0 aromatic carbocycles. The van der Waals surface area contributed by atoms with Gasteiger partial charge in [0, 0.05) is 12.2 Å². The fourth-order valence-corrected chi connectivity index (χ4v) is 1.75. The highest BCUT2D eigenvalue weighted by molar-refractivity contribution is 5.38. The largest absolute Gasteiger partial charge is 0.383 e. The SMILES string of the molecule is CCC(CCCc1cccnc1N)NC. The van der Waals surface area contributed by atoms with Crippen LogP contribution < -0.4 is 11.1 Å². The molecule has 0 aliphatic heterocycles. The Labute approximate surface area is 92.1 Å². The Morgan fingerprint density at radius 3 is 2.93 bits per heavy atom. The maximum atomic E-state index is 5.78. The highest BCUT2D eigenvalue weighted by Gasteiger charge is 2.04. The number of nitrogens with one attached hydrogen (secondary N) is 1. The van der Waals surface area contributed by atoms with Crippen LogP contribution >= 0.6 is 0 Å². The summed E-state index contributed by atoms with van der Waals surface area (Å²) < 4.78 is 0. The average molecular weight is 207 g/mol. The van der Waals surface area contributed by atoms with Crippen LogP contribution in [0.25, 0.3) is 0 Å². The van der Waals surface area contributed by atoms with Crippen molar-refractivity contribution < 1.29 is 0 Å². The summed E-state index contributed by atoms with van der Waals surface area (Å²) >= 11 is 0. The lowest BCUT2D eigenvalue weighted by Crippen LogP contribution is -2.24. The van der Waals surface area contributed by atoms with E-state index in [2.05, 4.69) is 23.3 Å². The number of anilines is 1. The molecule has 3 heteroatoms. The van der Waals surface area contributed by atoms with Crippen molar-refractivity contribution in [3.8, 4) is 0 Å². The summed E-state index contributed by atoms with van der Waals surface area (Å²) in [4.78, 5) is 4.08. The molecule has 1 rings (SSSR count). The van der Waals surface area contributed by atoms with E-state index < -0.39 is 0 Å². The molecule has 1 atom stereocenters. The number of nitrogen functional groups attached to an aromatic ring is 1. The van der Waals surface area contributed by atoms with Gasteiger partial charge in [0.2, 0.25) is 0 Å². The van der Waals surface area contributed by atoms with E-state index in [0.29, 0.717) is 11.9 Å². The van der Waals surface area contributed by atoms with Gasteiger partial charge in [0.1, 0.15) is 5.82 Å². The van der Waals surface area contributed by atoms with Crippen LogP contribution in [-0.4, -0.2) is 18.1 Å². The summed E-state index contributed by atoms with van der Waals surface area (Å²) in [5.74, 6) is 0.676. The number of aromatic nitrogens is 1. The van der Waals surface area contributed by atoms with Crippen molar-refractivity contribution in [2.24, 2.45) is 0 Å². The standard InChI is InChI=1S/C12H21N3/c1-3-11(14-2)8-4-6-10-7-5-9-15-12(10)13/h5,7,9,11,14H,3-4,6,8H2,1-2H3,(H2,13,15). The molecule has 0 spiro atoms. The molecule has 0 fully saturated rings. The summed E-state index contributed by atoms with van der Waals surface area (Å²) in [6.45, 7) is 2.21. The van der Waals surface area contributed by atoms with Gasteiger partial charge in [-0.3, -0.25) is 0 Å². The Balaban J connectivity index is 2.34. The smallest absolute Gasteiger partial charge is 0.126 e. The van der Waals surface area contributed by atoms with E-state index in [4.69, 9.17) is 5.73 Å². The van der Waals surface area contributed by atoms with E-state index in [1.54, 1.807) is 6.20 Å². The van der Waals surface area contributed by atoms with Crippen molar-refractivity contribution in [1.29, 1.82) is 0 Å². The number of aryl methyl sites for hydroxylation is 1. The molecule has 0 radical (unpaired) electrons. The molecule has 1 aromatic rings. The second-order valence-electron chi connectivity index (χ2n) is 3.83. The molecule has 0 amide bonds. The zero-order chi connectivity index (χ0) is 11.1. The quantitative estimate of drug-likeness (QED) is 0.750. The summed E-state index contributed by atoms with van der Waals surface area (Å²) in [5.41, 5.74) is 6.95. The molecule has 0 aliphatic carbocycles. The first-order valence-corrected chi connectivity index (χ1v) is 5.64. The van der Waals surface area contributed by atoms with Crippen LogP contribution in [0.5, 0.6) is 0 Å². The summed E-state index contributed by atoms with van der Waals surface area (Å²) in [6.07, 6.45) is 6.30. The van der Waals surface area contributed by atoms with Crippen molar-refractivity contribution in [3.63, 3.8) is 0 Å². The third-order valence-corrected chi connectivity index (χ3v) is 2.83. The van der Waals surface area contributed by atoms with Crippen LogP contribution in [0.3, 0.4) is 0 Å². The van der Waals surface area contributed by atoms with E-state index in [9.17, 15) is 0 Å². The molecule has 1 unspecified atom stereocenters. The predicted octanol–water partition coefficient (Wildman–Crippen LogP) is 1.98. The minimum atomic E-state index is 0.628. The normalized spacial score (nSPS) is 12.7. The van der Waals surface area contributed by atoms with Gasteiger partial charge in [-0.05, 0) is 44.4 Å². The lowest BCUT2D eigenvalue weighted by molar-refractivity contribution is 0.492. The van der Waals surface area contributed by atoms with Crippen molar-refractivity contribution in [1.82, 2.24) is 10.3 Å². The van der Waals surface area contributed by atoms with Gasteiger partial charge < -0.3 is 11.1 Å². The summed E-state index contributed by atoms with van der Waals surface area (Å²) in [7, 11) is 2.02. The number of rotatable bonds is 6. The van der Waals surface area contributed by atoms with Gasteiger partial charge in [0.05, 0.1) is 0 Å². The lowest BCUT2D eigenvalue weighted by Gasteiger charge is -2.13. The topological polar surface area (TPSA) is 50.9 Å². The van der Waals surface area contributed by atoms with Crippen molar-refractivity contribution >= 4 is 5.82 Å². The highest BCUT2D eigenvalue weighted by Crippen LogP contribution is 2.12. The Bertz CT molecular complexity index is 282. The van der Waals surface area contributed by atoms with Crippen LogP contribution in [0.2, 0.25) is 0 Å². The van der Waals surface area contributed by atoms with Crippen LogP contribution in [0, 0.1) is 0 Å². The number of pyridine rings is 1. The fraction of sp³-hybridized carbons (Fsp3) is 0.583. The number of nitrogens with two attached hydrogens (primary N) is 1. The monoisotopic (exact) mass is 207 g/mol. The van der Waals surface area contributed by atoms with Crippen molar-refractivity contribution in [2.45, 2.75) is 38.6 Å². The van der Waals surface area contributed by atoms with Crippen molar-refractivity contribution in [2.75, 3.05) is 12.8 Å². The predicted molar refractivity (Wildman–Crippen MR) is 64.7 cm³/mol. The second-order valence-corrected chi connectivity index (χ2v) is 3.83. The zero-order valence-electron chi connectivity index (χ0n) is 9.66. The van der Waals surface area contributed by atoms with Gasteiger partial charge in [0.25, 0.3) is 0 Å². The molecule has 3 N–H and O–H groups in total. The van der Waals surface area contributed by atoms with E-state index >= 15 is 0 Å². The molecular weight excluding hydrogens is 186 g/mol. The molecule has 15 heavy (non-hydrogen) atoms. The third-order valence-electron chi connectivity index (χ3n) is 2.83. The minimum Gasteiger partial charge on any atom is -0.383 e. The minimum absolute atomic E-state index is 0.628. The average Bonchev–Trinajstić information content (AvgIpc) is 2.27. The molecule has 0 saturated heterocycles. The second kappa shape index (κ2) is 6.40. The molecule has 0 saturated carbocycles. The Hall–Kier alpha value is -1.09. The molecule has 0 bridgehead atoms. The Morgan fingerprint density at radius 1 is 1.53 bits per heavy atom. The Kier molecular flexibility index (Phi) is 5.12. The third kappa shape index (κ3) is 3.88. The number of hydrogen-bond donors (Lipinski definition) is 2. The van der Waals surface area contributed by atoms with Gasteiger partial charge >= 0.3 is 0 Å². The molecule has 84 valence electrons. The first-order valence-electron chi connectivity index (χ1n) is 5.64. The number of nitrogens with zero attached hydrogens (tertiary/aromatic N) is 1. The van der Waals surface area contributed by atoms with Gasteiger partial charge in [-0.2, -0.15) is 0 Å². The zero-order valence-corrected chi connectivity index (χ0v) is 9.66. The summed E-state index contributed by atoms with van der Waals surface area (Å²) in [5, 5.41) is 3.31. The van der Waals surface area contributed by atoms with Gasteiger partial charge in [-0.25, -0.2) is 4.98 Å². The van der Waals surface area contributed by atoms with Crippen LogP contribution in [0.1, 0.15) is 31.7 Å². The molecule has 0 aliphatic rings. The molecular formula is C12H21N3. The van der Waals surface area contributed by atoms with Gasteiger partial charge in [-0.15, -0.1) is 0 Å². The van der Waals surface area contributed by atoms with Gasteiger partial charge in [-0.1, -0.05) is 13.0 Å².